The Morgan fingerprint density at radius 3 is 2.47 bits per heavy atom. The fourth-order valence-electron chi connectivity index (χ4n) is 2.75. The van der Waals surface area contributed by atoms with E-state index in [1.54, 1.807) is 0 Å². The van der Waals surface area contributed by atoms with Crippen LogP contribution in [0.5, 0.6) is 0 Å². The normalized spacial score (nSPS) is 26.8. The van der Waals surface area contributed by atoms with Gasteiger partial charge in [-0.05, 0) is 45.2 Å². The van der Waals surface area contributed by atoms with Gasteiger partial charge in [-0.3, -0.25) is 4.79 Å². The molecule has 17 heavy (non-hydrogen) atoms. The molecule has 3 heteroatoms. The van der Waals surface area contributed by atoms with Gasteiger partial charge in [0.05, 0.1) is 6.04 Å². The highest BCUT2D eigenvalue weighted by atomic mass is 16.1. The van der Waals surface area contributed by atoms with Crippen LogP contribution >= 0.6 is 0 Å². The number of Topliss-reactive ketones (excluding diaryl/α,β-unsaturated/α-hetero) is 1. The summed E-state index contributed by atoms with van der Waals surface area (Å²) in [5.74, 6) is 1.56. The Morgan fingerprint density at radius 1 is 1.29 bits per heavy atom. The lowest BCUT2D eigenvalue weighted by molar-refractivity contribution is -0.126. The molecular formula is C14H28N2O. The molecule has 0 radical (unpaired) electrons. The van der Waals surface area contributed by atoms with Crippen molar-refractivity contribution in [2.75, 3.05) is 13.6 Å². The minimum Gasteiger partial charge on any atom is -0.330 e. The van der Waals surface area contributed by atoms with Crippen LogP contribution in [0.2, 0.25) is 0 Å². The molecule has 1 aliphatic rings. The number of nitrogens with two attached hydrogens (primary N) is 1. The van der Waals surface area contributed by atoms with Crippen molar-refractivity contribution >= 4 is 5.78 Å². The second-order valence-electron chi connectivity index (χ2n) is 5.48. The highest BCUT2D eigenvalue weighted by molar-refractivity contribution is 5.86. The lowest BCUT2D eigenvalue weighted by Gasteiger charge is -2.28. The van der Waals surface area contributed by atoms with Gasteiger partial charge >= 0.3 is 0 Å². The summed E-state index contributed by atoms with van der Waals surface area (Å²) in [6.45, 7) is 3.02. The molecule has 0 amide bonds. The zero-order valence-corrected chi connectivity index (χ0v) is 11.4. The monoisotopic (exact) mass is 240 g/mol. The minimum absolute atomic E-state index is 0.0555. The molecule has 0 bridgehead atoms. The summed E-state index contributed by atoms with van der Waals surface area (Å²) >= 11 is 0. The van der Waals surface area contributed by atoms with E-state index >= 15 is 0 Å². The van der Waals surface area contributed by atoms with Crippen LogP contribution in [0.3, 0.4) is 0 Å². The molecule has 1 atom stereocenters. The van der Waals surface area contributed by atoms with Crippen molar-refractivity contribution in [1.82, 2.24) is 5.32 Å². The zero-order chi connectivity index (χ0) is 12.7. The van der Waals surface area contributed by atoms with Crippen LogP contribution in [0.15, 0.2) is 0 Å². The van der Waals surface area contributed by atoms with Crippen LogP contribution in [0.25, 0.3) is 0 Å². The van der Waals surface area contributed by atoms with Gasteiger partial charge < -0.3 is 11.1 Å². The molecule has 1 rings (SSSR count). The first-order valence-corrected chi connectivity index (χ1v) is 7.10. The van der Waals surface area contributed by atoms with Gasteiger partial charge in [0.2, 0.25) is 0 Å². The molecule has 0 aromatic rings. The summed E-state index contributed by atoms with van der Waals surface area (Å²) in [7, 11) is 1.90. The Kier molecular flexibility index (Phi) is 6.75. The van der Waals surface area contributed by atoms with Crippen LogP contribution < -0.4 is 11.1 Å². The number of carbonyl (C=O) groups is 1. The number of hydrogen-bond donors (Lipinski definition) is 2. The van der Waals surface area contributed by atoms with Crippen molar-refractivity contribution in [3.8, 4) is 0 Å². The number of carbonyl (C=O) groups excluding carboxylic acids is 1. The second-order valence-corrected chi connectivity index (χ2v) is 5.48. The lowest BCUT2D eigenvalue weighted by atomic mass is 9.78. The Labute approximate surface area is 106 Å². The van der Waals surface area contributed by atoms with Crippen molar-refractivity contribution in [3.05, 3.63) is 0 Å². The first-order valence-electron chi connectivity index (χ1n) is 7.10. The maximum absolute atomic E-state index is 12.3. The lowest BCUT2D eigenvalue weighted by Crippen LogP contribution is -2.39. The van der Waals surface area contributed by atoms with Crippen LogP contribution in [0.4, 0.5) is 0 Å². The highest BCUT2D eigenvalue weighted by Gasteiger charge is 2.28. The topological polar surface area (TPSA) is 55.1 Å². The molecule has 0 aromatic heterocycles. The van der Waals surface area contributed by atoms with Crippen molar-refractivity contribution < 1.29 is 4.79 Å². The van der Waals surface area contributed by atoms with Gasteiger partial charge in [-0.2, -0.15) is 0 Å². The zero-order valence-electron chi connectivity index (χ0n) is 11.4. The fraction of sp³-hybridized carbons (Fsp3) is 0.929. The van der Waals surface area contributed by atoms with Crippen LogP contribution in [0, 0.1) is 11.8 Å². The standard InChI is InChI=1S/C14H28N2O/c1-11-6-8-12(9-7-11)14(17)13(16-2)5-3-4-10-15/h11-13,16H,3-10,15H2,1-2H3. The van der Waals surface area contributed by atoms with E-state index in [9.17, 15) is 4.79 Å². The molecule has 0 heterocycles. The van der Waals surface area contributed by atoms with Gasteiger partial charge in [-0.1, -0.05) is 26.2 Å². The molecule has 3 N–H and O–H groups in total. The molecule has 0 spiro atoms. The van der Waals surface area contributed by atoms with Crippen LogP contribution in [-0.2, 0) is 4.79 Å². The molecule has 1 aliphatic carbocycles. The van der Waals surface area contributed by atoms with E-state index in [2.05, 4.69) is 12.2 Å². The van der Waals surface area contributed by atoms with Crippen molar-refractivity contribution in [2.24, 2.45) is 17.6 Å². The molecule has 0 aromatic carbocycles. The average molecular weight is 240 g/mol. The Balaban J connectivity index is 2.37. The molecular weight excluding hydrogens is 212 g/mol. The second kappa shape index (κ2) is 7.83. The quantitative estimate of drug-likeness (QED) is 0.670. The number of likely N-dealkylation sites (N-methyl/N-ethyl adjacent to an activating group) is 1. The number of rotatable bonds is 7. The molecule has 1 saturated carbocycles. The van der Waals surface area contributed by atoms with Crippen LogP contribution in [0.1, 0.15) is 51.9 Å². The van der Waals surface area contributed by atoms with E-state index in [0.717, 1.165) is 44.6 Å². The van der Waals surface area contributed by atoms with E-state index in [4.69, 9.17) is 5.73 Å². The van der Waals surface area contributed by atoms with Crippen LogP contribution in [-0.4, -0.2) is 25.4 Å². The third-order valence-electron chi connectivity index (χ3n) is 4.06. The summed E-state index contributed by atoms with van der Waals surface area (Å²) in [6.07, 6.45) is 7.64. The largest absolute Gasteiger partial charge is 0.330 e. The summed E-state index contributed by atoms with van der Waals surface area (Å²) in [5, 5.41) is 3.18. The Hall–Kier alpha value is -0.410. The first kappa shape index (κ1) is 14.7. The molecule has 1 fully saturated rings. The predicted molar refractivity (Wildman–Crippen MR) is 71.9 cm³/mol. The third kappa shape index (κ3) is 4.76. The van der Waals surface area contributed by atoms with Gasteiger partial charge in [0.15, 0.2) is 5.78 Å². The predicted octanol–water partition coefficient (Wildman–Crippen LogP) is 2.10. The third-order valence-corrected chi connectivity index (χ3v) is 4.06. The van der Waals surface area contributed by atoms with Crippen molar-refractivity contribution in [3.63, 3.8) is 0 Å². The molecule has 100 valence electrons. The maximum atomic E-state index is 12.3. The molecule has 1 unspecified atom stereocenters. The van der Waals surface area contributed by atoms with Gasteiger partial charge in [-0.15, -0.1) is 0 Å². The van der Waals surface area contributed by atoms with Gasteiger partial charge in [0.1, 0.15) is 0 Å². The van der Waals surface area contributed by atoms with E-state index in [-0.39, 0.29) is 6.04 Å². The van der Waals surface area contributed by atoms with E-state index in [1.807, 2.05) is 7.05 Å². The van der Waals surface area contributed by atoms with Crippen molar-refractivity contribution in [2.45, 2.75) is 57.9 Å². The Bertz CT molecular complexity index is 222. The van der Waals surface area contributed by atoms with E-state index < -0.39 is 0 Å². The van der Waals surface area contributed by atoms with Gasteiger partial charge in [0.25, 0.3) is 0 Å². The average Bonchev–Trinajstić information content (AvgIpc) is 2.35. The minimum atomic E-state index is 0.0555. The molecule has 0 aliphatic heterocycles. The fourth-order valence-corrected chi connectivity index (χ4v) is 2.75. The maximum Gasteiger partial charge on any atom is 0.152 e. The Morgan fingerprint density at radius 2 is 1.94 bits per heavy atom. The number of hydrogen-bond acceptors (Lipinski definition) is 3. The summed E-state index contributed by atoms with van der Waals surface area (Å²) in [4.78, 5) is 12.3. The first-order chi connectivity index (χ1) is 8.19. The molecule has 3 nitrogen and oxygen atoms in total. The number of nitrogens with one attached hydrogen (secondary N) is 1. The summed E-state index contributed by atoms with van der Waals surface area (Å²) in [6, 6.07) is 0.0555. The van der Waals surface area contributed by atoms with Crippen molar-refractivity contribution in [1.29, 1.82) is 0 Å². The summed E-state index contributed by atoms with van der Waals surface area (Å²) in [5.41, 5.74) is 5.49. The molecule has 0 saturated heterocycles. The highest BCUT2D eigenvalue weighted by Crippen LogP contribution is 2.29. The van der Waals surface area contributed by atoms with Gasteiger partial charge in [-0.25, -0.2) is 0 Å². The van der Waals surface area contributed by atoms with E-state index in [1.165, 1.54) is 12.8 Å². The SMILES string of the molecule is CNC(CCCCN)C(=O)C1CCC(C)CC1. The number of ketones is 1. The smallest absolute Gasteiger partial charge is 0.152 e. The van der Waals surface area contributed by atoms with Gasteiger partial charge in [0, 0.05) is 5.92 Å². The van der Waals surface area contributed by atoms with E-state index in [0.29, 0.717) is 11.7 Å². The summed E-state index contributed by atoms with van der Waals surface area (Å²) < 4.78 is 0. The number of unbranched alkanes of at least 4 members (excludes halogenated alkanes) is 1.